The summed E-state index contributed by atoms with van der Waals surface area (Å²) in [6.45, 7) is 1.57. The van der Waals surface area contributed by atoms with Crippen LogP contribution < -0.4 is 0 Å². The molecule has 1 heterocycles. The van der Waals surface area contributed by atoms with E-state index in [2.05, 4.69) is 20.9 Å². The molecule has 1 fully saturated rings. The fourth-order valence-electron chi connectivity index (χ4n) is 1.43. The summed E-state index contributed by atoms with van der Waals surface area (Å²) in [6.07, 6.45) is 3.02. The summed E-state index contributed by atoms with van der Waals surface area (Å²) in [5.74, 6) is -2.56. The van der Waals surface area contributed by atoms with E-state index in [1.54, 1.807) is 19.2 Å². The van der Waals surface area contributed by atoms with E-state index in [4.69, 9.17) is 0 Å². The molecule has 1 saturated carbocycles. The molecule has 1 nitrogen and oxygen atoms in total. The Morgan fingerprint density at radius 1 is 1.46 bits per heavy atom. The van der Waals surface area contributed by atoms with Gasteiger partial charge in [0, 0.05) is 23.3 Å². The molecule has 1 unspecified atom stereocenters. The molecule has 0 N–H and O–H groups in total. The normalized spacial score (nSPS) is 30.2. The zero-order valence-corrected chi connectivity index (χ0v) is 8.61. The van der Waals surface area contributed by atoms with Gasteiger partial charge in [-0.25, -0.2) is 8.78 Å². The highest BCUT2D eigenvalue weighted by atomic mass is 79.9. The third kappa shape index (κ3) is 1.27. The van der Waals surface area contributed by atoms with Crippen LogP contribution in [-0.2, 0) is 5.41 Å². The molecule has 1 aromatic rings. The minimum atomic E-state index is -2.56. The summed E-state index contributed by atoms with van der Waals surface area (Å²) < 4.78 is 26.7. The molecule has 2 rings (SSSR count). The van der Waals surface area contributed by atoms with Gasteiger partial charge in [0.05, 0.1) is 5.41 Å². The number of alkyl halides is 2. The first-order chi connectivity index (χ1) is 5.96. The average molecular weight is 248 g/mol. The van der Waals surface area contributed by atoms with Gasteiger partial charge >= 0.3 is 0 Å². The van der Waals surface area contributed by atoms with Crippen LogP contribution in [0, 0.1) is 0 Å². The van der Waals surface area contributed by atoms with E-state index in [9.17, 15) is 8.78 Å². The predicted octanol–water partition coefficient (Wildman–Crippen LogP) is 3.14. The Bertz CT molecular complexity index is 353. The largest absolute Gasteiger partial charge is 0.263 e. The monoisotopic (exact) mass is 247 g/mol. The van der Waals surface area contributed by atoms with Gasteiger partial charge in [0.25, 0.3) is 5.92 Å². The number of aromatic nitrogens is 1. The van der Waals surface area contributed by atoms with Gasteiger partial charge in [-0.1, -0.05) is 0 Å². The van der Waals surface area contributed by atoms with Crippen molar-refractivity contribution in [3.05, 3.63) is 28.5 Å². The van der Waals surface area contributed by atoms with Crippen LogP contribution in [0.1, 0.15) is 18.9 Å². The molecule has 1 aliphatic carbocycles. The standard InChI is InChI=1S/C9H8BrF2N/c1-8(5-9(8,11)12)6-2-7(10)4-13-3-6/h2-4H,5H2,1H3. The van der Waals surface area contributed by atoms with Crippen LogP contribution in [0.5, 0.6) is 0 Å². The highest BCUT2D eigenvalue weighted by molar-refractivity contribution is 9.10. The van der Waals surface area contributed by atoms with Crippen molar-refractivity contribution in [2.45, 2.75) is 24.7 Å². The maximum absolute atomic E-state index is 13.0. The number of nitrogens with zero attached hydrogens (tertiary/aromatic N) is 1. The Morgan fingerprint density at radius 2 is 2.08 bits per heavy atom. The number of hydrogen-bond acceptors (Lipinski definition) is 1. The van der Waals surface area contributed by atoms with E-state index in [0.717, 1.165) is 4.47 Å². The van der Waals surface area contributed by atoms with E-state index in [1.165, 1.54) is 6.20 Å². The highest BCUT2D eigenvalue weighted by Gasteiger charge is 2.68. The molecule has 13 heavy (non-hydrogen) atoms. The maximum atomic E-state index is 13.0. The minimum absolute atomic E-state index is 0.0713. The van der Waals surface area contributed by atoms with Gasteiger partial charge in [-0.15, -0.1) is 0 Å². The molecular formula is C9H8BrF2N. The Labute approximate surface area is 83.3 Å². The van der Waals surface area contributed by atoms with E-state index < -0.39 is 11.3 Å². The maximum Gasteiger partial charge on any atom is 0.258 e. The van der Waals surface area contributed by atoms with Gasteiger partial charge in [-0.3, -0.25) is 4.98 Å². The summed E-state index contributed by atoms with van der Waals surface area (Å²) in [5.41, 5.74) is -0.393. The fourth-order valence-corrected chi connectivity index (χ4v) is 1.79. The number of hydrogen-bond donors (Lipinski definition) is 0. The van der Waals surface area contributed by atoms with E-state index in [-0.39, 0.29) is 6.42 Å². The Morgan fingerprint density at radius 3 is 2.54 bits per heavy atom. The van der Waals surface area contributed by atoms with Crippen molar-refractivity contribution in [3.63, 3.8) is 0 Å². The summed E-state index contributed by atoms with van der Waals surface area (Å²) in [7, 11) is 0. The predicted molar refractivity (Wildman–Crippen MR) is 48.9 cm³/mol. The van der Waals surface area contributed by atoms with Crippen LogP contribution in [0.25, 0.3) is 0 Å². The third-order valence-electron chi connectivity index (χ3n) is 2.60. The van der Waals surface area contributed by atoms with E-state index in [1.807, 2.05) is 0 Å². The van der Waals surface area contributed by atoms with Crippen LogP contribution in [0.15, 0.2) is 22.9 Å². The molecule has 0 aromatic carbocycles. The Hall–Kier alpha value is -0.510. The topological polar surface area (TPSA) is 12.9 Å². The molecule has 4 heteroatoms. The molecule has 0 saturated heterocycles. The van der Waals surface area contributed by atoms with Crippen molar-refractivity contribution in [2.75, 3.05) is 0 Å². The quantitative estimate of drug-likeness (QED) is 0.743. The van der Waals surface area contributed by atoms with Gasteiger partial charge in [-0.05, 0) is 34.5 Å². The SMILES string of the molecule is CC1(c2cncc(Br)c2)CC1(F)F. The molecule has 0 radical (unpaired) electrons. The van der Waals surface area contributed by atoms with Gasteiger partial charge < -0.3 is 0 Å². The molecule has 0 spiro atoms. The first-order valence-electron chi connectivity index (χ1n) is 3.95. The zero-order chi connectivity index (χ0) is 9.69. The van der Waals surface area contributed by atoms with E-state index in [0.29, 0.717) is 5.56 Å². The van der Waals surface area contributed by atoms with Crippen LogP contribution >= 0.6 is 15.9 Å². The summed E-state index contributed by atoms with van der Waals surface area (Å²) in [6, 6.07) is 1.70. The Kier molecular flexibility index (Phi) is 1.74. The number of halogens is 3. The lowest BCUT2D eigenvalue weighted by molar-refractivity contribution is 0.0919. The highest BCUT2D eigenvalue weighted by Crippen LogP contribution is 2.61. The molecule has 1 aliphatic rings. The van der Waals surface area contributed by atoms with Crippen molar-refractivity contribution in [3.8, 4) is 0 Å². The van der Waals surface area contributed by atoms with Crippen molar-refractivity contribution < 1.29 is 8.78 Å². The fraction of sp³-hybridized carbons (Fsp3) is 0.444. The van der Waals surface area contributed by atoms with Crippen LogP contribution in [0.2, 0.25) is 0 Å². The molecule has 0 amide bonds. The summed E-state index contributed by atoms with van der Waals surface area (Å²) in [4.78, 5) is 3.88. The number of rotatable bonds is 1. The molecular weight excluding hydrogens is 240 g/mol. The lowest BCUT2D eigenvalue weighted by Crippen LogP contribution is -2.11. The van der Waals surface area contributed by atoms with Crippen molar-refractivity contribution in [1.29, 1.82) is 0 Å². The zero-order valence-electron chi connectivity index (χ0n) is 7.02. The smallest absolute Gasteiger partial charge is 0.258 e. The first kappa shape index (κ1) is 9.06. The van der Waals surface area contributed by atoms with Crippen LogP contribution in [-0.4, -0.2) is 10.9 Å². The van der Waals surface area contributed by atoms with Crippen molar-refractivity contribution in [1.82, 2.24) is 4.98 Å². The van der Waals surface area contributed by atoms with Gasteiger partial charge in [-0.2, -0.15) is 0 Å². The molecule has 0 aliphatic heterocycles. The Balaban J connectivity index is 2.38. The molecule has 1 atom stereocenters. The molecule has 0 bridgehead atoms. The molecule has 1 aromatic heterocycles. The van der Waals surface area contributed by atoms with E-state index >= 15 is 0 Å². The summed E-state index contributed by atoms with van der Waals surface area (Å²) in [5, 5.41) is 0. The van der Waals surface area contributed by atoms with Crippen LogP contribution in [0.3, 0.4) is 0 Å². The summed E-state index contributed by atoms with van der Waals surface area (Å²) >= 11 is 3.21. The second kappa shape index (κ2) is 2.50. The van der Waals surface area contributed by atoms with Gasteiger partial charge in [0.2, 0.25) is 0 Å². The lowest BCUT2D eigenvalue weighted by atomic mass is 10.00. The molecule has 70 valence electrons. The second-order valence-electron chi connectivity index (χ2n) is 3.61. The second-order valence-corrected chi connectivity index (χ2v) is 4.52. The first-order valence-corrected chi connectivity index (χ1v) is 4.74. The van der Waals surface area contributed by atoms with Gasteiger partial charge in [0.1, 0.15) is 0 Å². The number of pyridine rings is 1. The van der Waals surface area contributed by atoms with Crippen molar-refractivity contribution >= 4 is 15.9 Å². The van der Waals surface area contributed by atoms with Crippen LogP contribution in [0.4, 0.5) is 8.78 Å². The average Bonchev–Trinajstić information content (AvgIpc) is 2.53. The minimum Gasteiger partial charge on any atom is -0.263 e. The van der Waals surface area contributed by atoms with Gasteiger partial charge in [0.15, 0.2) is 0 Å². The lowest BCUT2D eigenvalue weighted by Gasteiger charge is -2.09. The third-order valence-corrected chi connectivity index (χ3v) is 3.03. The van der Waals surface area contributed by atoms with Crippen molar-refractivity contribution in [2.24, 2.45) is 0 Å².